The Kier molecular flexibility index (Phi) is 8.22. The quantitative estimate of drug-likeness (QED) is 0.164. The second kappa shape index (κ2) is 13.7. The normalized spacial score (nSPS) is 16.2. The minimum absolute atomic E-state index is 0.310. The first kappa shape index (κ1) is 34.7. The fraction of sp³-hybridized carbons (Fsp3) is 0.0769. The number of allylic oxidation sites excluding steroid dienone is 5. The lowest BCUT2D eigenvalue weighted by atomic mass is 9.90. The Labute approximate surface area is 336 Å². The number of nitrogens with zero attached hydrogens (tertiary/aromatic N) is 5. The lowest BCUT2D eigenvalue weighted by Crippen LogP contribution is -2.38. The Morgan fingerprint density at radius 1 is 0.759 bits per heavy atom. The average molecular weight is 748 g/mol. The molecule has 0 radical (unpaired) electrons. The Morgan fingerprint density at radius 3 is 2.10 bits per heavy atom. The molecule has 0 fully saturated rings. The zero-order valence-corrected chi connectivity index (χ0v) is 32.0. The molecule has 5 aromatic carbocycles. The largest absolute Gasteiger partial charge is 0.460 e. The van der Waals surface area contributed by atoms with Crippen molar-refractivity contribution in [1.82, 2.24) is 9.13 Å². The van der Waals surface area contributed by atoms with Crippen molar-refractivity contribution in [2.24, 2.45) is 0 Å². The summed E-state index contributed by atoms with van der Waals surface area (Å²) in [5, 5.41) is 25.4. The van der Waals surface area contributed by atoms with Gasteiger partial charge in [-0.05, 0) is 84.8 Å². The highest BCUT2D eigenvalue weighted by atomic mass is 16.3. The molecule has 1 aliphatic heterocycles. The fourth-order valence-electron chi connectivity index (χ4n) is 9.11. The summed E-state index contributed by atoms with van der Waals surface area (Å²) in [4.78, 5) is 2.27. The first-order valence-electron chi connectivity index (χ1n) is 19.4. The van der Waals surface area contributed by atoms with Gasteiger partial charge in [-0.2, -0.15) is 10.5 Å². The highest BCUT2D eigenvalue weighted by Gasteiger charge is 2.35. The Hall–Kier alpha value is -7.80. The van der Waals surface area contributed by atoms with E-state index in [-0.39, 0.29) is 0 Å². The number of nitriles is 2. The van der Waals surface area contributed by atoms with Gasteiger partial charge in [-0.3, -0.25) is 0 Å². The molecular weight excluding hydrogens is 711 g/mol. The SMILES string of the molecule is C=C/C=C\c1c(C)c2ccccc2n1-c1ccc2c(c1)Cc1oc3ccccc3c1/C=C\C(=C)N2C1CC(C#N)=C(C#N)C=C1n1c2ccccc2c2ccccc21. The topological polar surface area (TPSA) is 73.8 Å². The van der Waals surface area contributed by atoms with Crippen molar-refractivity contribution < 1.29 is 4.42 Å². The maximum atomic E-state index is 10.5. The van der Waals surface area contributed by atoms with Crippen LogP contribution in [-0.2, 0) is 6.42 Å². The summed E-state index contributed by atoms with van der Waals surface area (Å²) in [5.74, 6) is 0.858. The minimum Gasteiger partial charge on any atom is -0.460 e. The van der Waals surface area contributed by atoms with E-state index in [1.54, 1.807) is 6.08 Å². The van der Waals surface area contributed by atoms with Crippen molar-refractivity contribution in [1.29, 1.82) is 10.5 Å². The highest BCUT2D eigenvalue weighted by molar-refractivity contribution is 6.10. The van der Waals surface area contributed by atoms with E-state index in [2.05, 4.69) is 143 Å². The van der Waals surface area contributed by atoms with Gasteiger partial charge in [-0.15, -0.1) is 0 Å². The van der Waals surface area contributed by atoms with Gasteiger partial charge in [0.1, 0.15) is 17.4 Å². The first-order chi connectivity index (χ1) is 28.5. The minimum atomic E-state index is -0.408. The van der Waals surface area contributed by atoms with Gasteiger partial charge in [0.15, 0.2) is 0 Å². The van der Waals surface area contributed by atoms with E-state index in [1.807, 2.05) is 42.5 Å². The van der Waals surface area contributed by atoms with E-state index < -0.39 is 6.04 Å². The van der Waals surface area contributed by atoms with Crippen LogP contribution in [0.15, 0.2) is 174 Å². The number of hydrogen-bond donors (Lipinski definition) is 0. The van der Waals surface area contributed by atoms with Crippen molar-refractivity contribution in [3.63, 3.8) is 0 Å². The third-order valence-electron chi connectivity index (χ3n) is 11.7. The molecule has 2 aliphatic rings. The summed E-state index contributed by atoms with van der Waals surface area (Å²) in [6, 6.07) is 44.4. The number of rotatable bonds is 5. The molecule has 1 aliphatic carbocycles. The van der Waals surface area contributed by atoms with Crippen LogP contribution in [0.4, 0.5) is 5.69 Å². The summed E-state index contributed by atoms with van der Waals surface area (Å²) in [6.07, 6.45) is 12.8. The molecule has 0 bridgehead atoms. The number of fused-ring (bicyclic) bond motifs is 8. The van der Waals surface area contributed by atoms with Gasteiger partial charge in [0.2, 0.25) is 0 Å². The number of aromatic nitrogens is 2. The number of benzene rings is 5. The summed E-state index contributed by atoms with van der Waals surface area (Å²) in [5.41, 5.74) is 12.7. The second-order valence-electron chi connectivity index (χ2n) is 14.9. The monoisotopic (exact) mass is 747 g/mol. The van der Waals surface area contributed by atoms with Crippen LogP contribution in [0.1, 0.15) is 34.6 Å². The molecule has 6 heteroatoms. The zero-order valence-electron chi connectivity index (χ0n) is 32.0. The van der Waals surface area contributed by atoms with E-state index in [0.29, 0.717) is 24.0 Å². The lowest BCUT2D eigenvalue weighted by Gasteiger charge is -2.39. The van der Waals surface area contributed by atoms with Crippen LogP contribution in [0.3, 0.4) is 0 Å². The van der Waals surface area contributed by atoms with Gasteiger partial charge >= 0.3 is 0 Å². The van der Waals surface area contributed by atoms with Gasteiger partial charge in [0.05, 0.1) is 34.2 Å². The number of hydrogen-bond acceptors (Lipinski definition) is 4. The Morgan fingerprint density at radius 2 is 1.41 bits per heavy atom. The van der Waals surface area contributed by atoms with Crippen LogP contribution < -0.4 is 4.90 Å². The number of anilines is 1. The maximum Gasteiger partial charge on any atom is 0.134 e. The third kappa shape index (κ3) is 5.31. The van der Waals surface area contributed by atoms with Gasteiger partial charge in [0, 0.05) is 74.0 Å². The molecule has 0 saturated carbocycles. The summed E-state index contributed by atoms with van der Waals surface area (Å²) < 4.78 is 11.2. The molecule has 6 nitrogen and oxygen atoms in total. The molecule has 4 heterocycles. The van der Waals surface area contributed by atoms with Gasteiger partial charge in [0.25, 0.3) is 0 Å². The van der Waals surface area contributed by atoms with Crippen molar-refractivity contribution in [3.8, 4) is 17.8 Å². The van der Waals surface area contributed by atoms with Crippen LogP contribution >= 0.6 is 0 Å². The summed E-state index contributed by atoms with van der Waals surface area (Å²) in [7, 11) is 0. The van der Waals surface area contributed by atoms with Gasteiger partial charge < -0.3 is 18.5 Å². The van der Waals surface area contributed by atoms with E-state index in [0.717, 1.165) is 83.6 Å². The van der Waals surface area contributed by atoms with Crippen LogP contribution in [0.2, 0.25) is 0 Å². The second-order valence-corrected chi connectivity index (χ2v) is 14.9. The molecule has 58 heavy (non-hydrogen) atoms. The third-order valence-corrected chi connectivity index (χ3v) is 11.7. The van der Waals surface area contributed by atoms with Crippen molar-refractivity contribution >= 4 is 67.2 Å². The van der Waals surface area contributed by atoms with E-state index in [1.165, 1.54) is 10.9 Å². The molecule has 1 unspecified atom stereocenters. The van der Waals surface area contributed by atoms with Crippen molar-refractivity contribution in [2.75, 3.05) is 4.90 Å². The van der Waals surface area contributed by atoms with Crippen LogP contribution in [0, 0.1) is 29.6 Å². The number of aryl methyl sites for hydroxylation is 1. The molecule has 0 spiro atoms. The van der Waals surface area contributed by atoms with Crippen LogP contribution in [-0.4, -0.2) is 15.2 Å². The van der Waals surface area contributed by atoms with Crippen molar-refractivity contribution in [3.05, 3.63) is 198 Å². The molecule has 3 aromatic heterocycles. The molecular formula is C52H37N5O. The maximum absolute atomic E-state index is 10.5. The Bertz CT molecular complexity index is 3210. The van der Waals surface area contributed by atoms with Crippen molar-refractivity contribution in [2.45, 2.75) is 25.8 Å². The zero-order chi connectivity index (χ0) is 39.5. The fourth-order valence-corrected chi connectivity index (χ4v) is 9.11. The molecule has 1 atom stereocenters. The van der Waals surface area contributed by atoms with Crippen LogP contribution in [0.5, 0.6) is 0 Å². The standard InChI is InChI=1S/C52H37N5O/c1-4-5-18-44-34(3)39-14-6-10-19-46(39)56(44)38-24-26-45-35(27-38)30-52-43(42-17-9-13-22-51(42)58-52)25-23-33(2)55(45)49-28-36(31-53)37(32-54)29-50(49)57-47-20-11-7-15-40(47)41-16-8-12-21-48(41)57/h4-27,29,49H,1-2,28,30H2,3H3/b18-5-,25-23-. The molecule has 0 amide bonds. The predicted octanol–water partition coefficient (Wildman–Crippen LogP) is 12.6. The highest BCUT2D eigenvalue weighted by Crippen LogP contribution is 2.44. The van der Waals surface area contributed by atoms with E-state index in [9.17, 15) is 10.5 Å². The molecule has 0 N–H and O–H groups in total. The molecule has 8 aromatic rings. The number of furan rings is 1. The number of para-hydroxylation sites is 4. The smallest absolute Gasteiger partial charge is 0.134 e. The van der Waals surface area contributed by atoms with Crippen LogP contribution in [0.25, 0.3) is 67.2 Å². The summed E-state index contributed by atoms with van der Waals surface area (Å²) >= 11 is 0. The molecule has 276 valence electrons. The molecule has 10 rings (SSSR count). The van der Waals surface area contributed by atoms with E-state index >= 15 is 0 Å². The Balaban J connectivity index is 1.25. The van der Waals surface area contributed by atoms with Gasteiger partial charge in [-0.1, -0.05) is 98.1 Å². The summed E-state index contributed by atoms with van der Waals surface area (Å²) in [6.45, 7) is 10.9. The first-order valence-corrected chi connectivity index (χ1v) is 19.4. The van der Waals surface area contributed by atoms with Gasteiger partial charge in [-0.25, -0.2) is 0 Å². The molecule has 0 saturated heterocycles. The van der Waals surface area contributed by atoms with E-state index in [4.69, 9.17) is 11.0 Å². The predicted molar refractivity (Wildman–Crippen MR) is 237 cm³/mol. The average Bonchev–Trinajstić information content (AvgIpc) is 3.89. The lowest BCUT2D eigenvalue weighted by molar-refractivity contribution is 0.561.